The van der Waals surface area contributed by atoms with Gasteiger partial charge in [0.1, 0.15) is 11.7 Å². The van der Waals surface area contributed by atoms with Crippen molar-refractivity contribution in [3.05, 3.63) is 90.0 Å². The number of para-hydroxylation sites is 1. The van der Waals surface area contributed by atoms with Gasteiger partial charge in [-0.05, 0) is 61.0 Å². The number of carbonyl (C=O) groups excluding carboxylic acids is 3. The van der Waals surface area contributed by atoms with Crippen molar-refractivity contribution in [1.29, 1.82) is 0 Å². The molecule has 2 fully saturated rings. The molecule has 2 heterocycles. The Balaban J connectivity index is 1.50. The molecule has 0 aromatic heterocycles. The first-order valence-electron chi connectivity index (χ1n) is 11.3. The smallest absolute Gasteiger partial charge is 0.338 e. The van der Waals surface area contributed by atoms with Crippen LogP contribution in [0, 0.1) is 5.92 Å². The number of methoxy groups -OCH3 is 1. The van der Waals surface area contributed by atoms with E-state index < -0.39 is 29.9 Å². The molecule has 0 saturated carbocycles. The van der Waals surface area contributed by atoms with E-state index in [1.807, 2.05) is 54.6 Å². The molecular weight excluding hydrogens is 448 g/mol. The van der Waals surface area contributed by atoms with Crippen molar-refractivity contribution >= 4 is 29.2 Å². The van der Waals surface area contributed by atoms with E-state index in [1.165, 1.54) is 0 Å². The van der Waals surface area contributed by atoms with Gasteiger partial charge < -0.3 is 9.47 Å². The average Bonchev–Trinajstić information content (AvgIpc) is 3.40. The van der Waals surface area contributed by atoms with E-state index in [2.05, 4.69) is 0 Å². The van der Waals surface area contributed by atoms with Crippen molar-refractivity contribution in [2.75, 3.05) is 23.7 Å². The lowest BCUT2D eigenvalue weighted by Gasteiger charge is -2.28. The largest absolute Gasteiger partial charge is 0.497 e. The highest BCUT2D eigenvalue weighted by atomic mass is 16.7. The van der Waals surface area contributed by atoms with Crippen molar-refractivity contribution in [1.82, 2.24) is 0 Å². The van der Waals surface area contributed by atoms with Gasteiger partial charge in [-0.25, -0.2) is 14.8 Å². The zero-order valence-electron chi connectivity index (χ0n) is 19.3. The second-order valence-corrected chi connectivity index (χ2v) is 8.21. The summed E-state index contributed by atoms with van der Waals surface area (Å²) < 4.78 is 10.3. The van der Waals surface area contributed by atoms with Crippen LogP contribution >= 0.6 is 0 Å². The van der Waals surface area contributed by atoms with Gasteiger partial charge in [-0.3, -0.25) is 14.4 Å². The van der Waals surface area contributed by atoms with E-state index in [1.54, 1.807) is 43.4 Å². The highest BCUT2D eigenvalue weighted by Gasteiger charge is 2.60. The Bertz CT molecular complexity index is 1240. The molecule has 2 amide bonds. The van der Waals surface area contributed by atoms with Crippen LogP contribution in [0.5, 0.6) is 5.75 Å². The SMILES string of the molecule is CCOC(=O)c1ccc(N2C(=O)[C@H]3[C@@H](c4ccc(OC)cc4)N(c4ccccc4)O[C@H]3C2=O)cc1. The first-order chi connectivity index (χ1) is 17.0. The molecule has 5 rings (SSSR count). The molecule has 2 saturated heterocycles. The summed E-state index contributed by atoms with van der Waals surface area (Å²) in [7, 11) is 1.59. The highest BCUT2D eigenvalue weighted by molar-refractivity contribution is 6.24. The van der Waals surface area contributed by atoms with Gasteiger partial charge in [-0.2, -0.15) is 0 Å². The normalized spacial score (nSPS) is 21.3. The Labute approximate surface area is 202 Å². The van der Waals surface area contributed by atoms with Crippen LogP contribution in [-0.4, -0.2) is 37.6 Å². The molecule has 0 aliphatic carbocycles. The number of anilines is 2. The minimum atomic E-state index is -0.973. The van der Waals surface area contributed by atoms with E-state index in [0.29, 0.717) is 17.0 Å². The summed E-state index contributed by atoms with van der Waals surface area (Å²) >= 11 is 0. The molecule has 8 nitrogen and oxygen atoms in total. The zero-order chi connectivity index (χ0) is 24.5. The van der Waals surface area contributed by atoms with Crippen molar-refractivity contribution in [3.8, 4) is 5.75 Å². The number of fused-ring (bicyclic) bond motifs is 1. The quantitative estimate of drug-likeness (QED) is 0.397. The summed E-state index contributed by atoms with van der Waals surface area (Å²) in [5.74, 6) is -1.33. The van der Waals surface area contributed by atoms with Crippen molar-refractivity contribution in [2.45, 2.75) is 19.1 Å². The molecule has 0 radical (unpaired) electrons. The minimum Gasteiger partial charge on any atom is -0.497 e. The molecule has 3 atom stereocenters. The Morgan fingerprint density at radius 2 is 1.57 bits per heavy atom. The third kappa shape index (κ3) is 3.91. The van der Waals surface area contributed by atoms with E-state index >= 15 is 0 Å². The van der Waals surface area contributed by atoms with Crippen molar-refractivity contribution in [2.24, 2.45) is 5.92 Å². The number of carbonyl (C=O) groups is 3. The summed E-state index contributed by atoms with van der Waals surface area (Å²) in [5.41, 5.74) is 2.29. The molecule has 3 aromatic carbocycles. The van der Waals surface area contributed by atoms with Gasteiger partial charge in [0.2, 0.25) is 5.91 Å². The van der Waals surface area contributed by atoms with E-state index in [9.17, 15) is 14.4 Å². The van der Waals surface area contributed by atoms with Gasteiger partial charge in [-0.1, -0.05) is 30.3 Å². The molecule has 2 aliphatic rings. The number of ether oxygens (including phenoxy) is 2. The van der Waals surface area contributed by atoms with Crippen LogP contribution < -0.4 is 14.7 Å². The summed E-state index contributed by atoms with van der Waals surface area (Å²) in [4.78, 5) is 46.4. The second-order valence-electron chi connectivity index (χ2n) is 8.21. The lowest BCUT2D eigenvalue weighted by atomic mass is 9.90. The predicted molar refractivity (Wildman–Crippen MR) is 128 cm³/mol. The molecule has 0 unspecified atom stereocenters. The topological polar surface area (TPSA) is 85.4 Å². The molecule has 178 valence electrons. The van der Waals surface area contributed by atoms with Gasteiger partial charge in [0.15, 0.2) is 6.10 Å². The van der Waals surface area contributed by atoms with Crippen molar-refractivity contribution in [3.63, 3.8) is 0 Å². The number of benzene rings is 3. The third-order valence-corrected chi connectivity index (χ3v) is 6.22. The number of hydrogen-bond donors (Lipinski definition) is 0. The maximum Gasteiger partial charge on any atom is 0.338 e. The first kappa shape index (κ1) is 22.6. The zero-order valence-corrected chi connectivity index (χ0v) is 19.3. The van der Waals surface area contributed by atoms with Crippen LogP contribution in [0.25, 0.3) is 0 Å². The monoisotopic (exact) mass is 472 g/mol. The van der Waals surface area contributed by atoms with Crippen LogP contribution in [0.3, 0.4) is 0 Å². The third-order valence-electron chi connectivity index (χ3n) is 6.22. The van der Waals surface area contributed by atoms with Gasteiger partial charge in [0.25, 0.3) is 5.91 Å². The molecule has 3 aromatic rings. The number of hydrogen-bond acceptors (Lipinski definition) is 7. The molecule has 0 N–H and O–H groups in total. The number of hydroxylamine groups is 1. The van der Waals surface area contributed by atoms with Crippen LogP contribution in [0.2, 0.25) is 0 Å². The van der Waals surface area contributed by atoms with Crippen LogP contribution in [-0.2, 0) is 19.2 Å². The Morgan fingerprint density at radius 3 is 2.20 bits per heavy atom. The fraction of sp³-hybridized carbons (Fsp3) is 0.222. The molecule has 0 bridgehead atoms. The Hall–Kier alpha value is -4.17. The molecular formula is C27H24N2O6. The van der Waals surface area contributed by atoms with Crippen LogP contribution in [0.1, 0.15) is 28.9 Å². The molecule has 8 heteroatoms. The van der Waals surface area contributed by atoms with Gasteiger partial charge in [0, 0.05) is 0 Å². The maximum absolute atomic E-state index is 13.7. The number of esters is 1. The number of nitrogens with zero attached hydrogens (tertiary/aromatic N) is 2. The summed E-state index contributed by atoms with van der Waals surface area (Å²) in [6.45, 7) is 1.99. The first-order valence-corrected chi connectivity index (χ1v) is 11.3. The fourth-order valence-corrected chi connectivity index (χ4v) is 4.57. The Kier molecular flexibility index (Phi) is 5.96. The minimum absolute atomic E-state index is 0.259. The predicted octanol–water partition coefficient (Wildman–Crippen LogP) is 3.92. The number of rotatable bonds is 6. The molecule has 35 heavy (non-hydrogen) atoms. The van der Waals surface area contributed by atoms with Crippen LogP contribution in [0.15, 0.2) is 78.9 Å². The number of amides is 2. The number of imide groups is 1. The summed E-state index contributed by atoms with van der Waals surface area (Å²) in [6, 6.07) is 22.5. The van der Waals surface area contributed by atoms with Gasteiger partial charge >= 0.3 is 5.97 Å². The highest BCUT2D eigenvalue weighted by Crippen LogP contribution is 2.47. The lowest BCUT2D eigenvalue weighted by molar-refractivity contribution is -0.126. The standard InChI is InChI=1S/C27H24N2O6/c1-3-34-27(32)18-9-13-19(14-10-18)28-25(30)22-23(17-11-15-21(33-2)16-12-17)29(35-24(22)26(28)31)20-7-5-4-6-8-20/h4-16,22-24H,3H2,1-2H3/t22-,23+,24+/m0/s1. The van der Waals surface area contributed by atoms with Crippen molar-refractivity contribution < 1.29 is 28.7 Å². The maximum atomic E-state index is 13.7. The molecule has 2 aliphatic heterocycles. The van der Waals surface area contributed by atoms with E-state index in [0.717, 1.165) is 16.2 Å². The van der Waals surface area contributed by atoms with E-state index in [4.69, 9.17) is 14.3 Å². The Morgan fingerprint density at radius 1 is 0.886 bits per heavy atom. The summed E-state index contributed by atoms with van der Waals surface area (Å²) in [6.07, 6.45) is -0.973. The summed E-state index contributed by atoms with van der Waals surface area (Å²) in [5, 5.41) is 1.65. The van der Waals surface area contributed by atoms with Gasteiger partial charge in [0.05, 0.1) is 36.7 Å². The fourth-order valence-electron chi connectivity index (χ4n) is 4.57. The van der Waals surface area contributed by atoms with Gasteiger partial charge in [-0.15, -0.1) is 0 Å². The molecule has 0 spiro atoms. The lowest BCUT2D eigenvalue weighted by Crippen LogP contribution is -2.37. The second kappa shape index (κ2) is 9.23. The van der Waals surface area contributed by atoms with E-state index in [-0.39, 0.29) is 12.5 Å². The van der Waals surface area contributed by atoms with Crippen LogP contribution in [0.4, 0.5) is 11.4 Å². The average molecular weight is 472 g/mol.